The fourth-order valence-corrected chi connectivity index (χ4v) is 2.21. The van der Waals surface area contributed by atoms with Crippen molar-refractivity contribution in [2.45, 2.75) is 13.3 Å². The normalized spacial score (nSPS) is 10.2. The lowest BCUT2D eigenvalue weighted by Gasteiger charge is -2.06. The van der Waals surface area contributed by atoms with E-state index in [0.29, 0.717) is 10.2 Å². The van der Waals surface area contributed by atoms with Crippen LogP contribution in [0.1, 0.15) is 22.8 Å². The van der Waals surface area contributed by atoms with Crippen LogP contribution in [0.2, 0.25) is 0 Å². The quantitative estimate of drug-likeness (QED) is 0.665. The highest BCUT2D eigenvalue weighted by Gasteiger charge is 2.16. The van der Waals surface area contributed by atoms with Crippen molar-refractivity contribution < 1.29 is 9.72 Å². The van der Waals surface area contributed by atoms with Crippen molar-refractivity contribution in [2.24, 2.45) is 0 Å². The Kier molecular flexibility index (Phi) is 4.70. The van der Waals surface area contributed by atoms with Crippen LogP contribution in [0.25, 0.3) is 0 Å². The second-order valence-electron chi connectivity index (χ2n) is 4.43. The van der Waals surface area contributed by atoms with Gasteiger partial charge in [-0.05, 0) is 52.2 Å². The van der Waals surface area contributed by atoms with Crippen molar-refractivity contribution in [2.75, 3.05) is 5.32 Å². The minimum Gasteiger partial charge on any atom is -0.322 e. The highest BCUT2D eigenvalue weighted by Crippen LogP contribution is 2.26. The van der Waals surface area contributed by atoms with Crippen LogP contribution < -0.4 is 5.32 Å². The number of halogens is 1. The third kappa shape index (κ3) is 3.66. The van der Waals surface area contributed by atoms with Gasteiger partial charge in [-0.3, -0.25) is 14.9 Å². The molecule has 0 atom stereocenters. The number of nitrogens with zero attached hydrogens (tertiary/aromatic N) is 1. The third-order valence-electron chi connectivity index (χ3n) is 3.03. The number of nitro groups is 1. The second-order valence-corrected chi connectivity index (χ2v) is 5.28. The Bertz CT molecular complexity index is 684. The van der Waals surface area contributed by atoms with Gasteiger partial charge in [0, 0.05) is 17.3 Å². The molecule has 0 radical (unpaired) electrons. The minimum absolute atomic E-state index is 0.135. The molecular weight excluding hydrogens is 336 g/mol. The maximum atomic E-state index is 12.1. The average molecular weight is 349 g/mol. The van der Waals surface area contributed by atoms with Gasteiger partial charge in [0.15, 0.2) is 0 Å². The van der Waals surface area contributed by atoms with Crippen LogP contribution in [0.5, 0.6) is 0 Å². The number of carbonyl (C=O) groups excluding carboxylic acids is 1. The maximum Gasteiger partial charge on any atom is 0.284 e. The van der Waals surface area contributed by atoms with E-state index in [1.54, 1.807) is 0 Å². The number of aryl methyl sites for hydroxylation is 1. The first-order valence-electron chi connectivity index (χ1n) is 6.35. The first-order chi connectivity index (χ1) is 10.0. The van der Waals surface area contributed by atoms with E-state index in [9.17, 15) is 14.9 Å². The molecular formula is C15H13BrN2O3. The largest absolute Gasteiger partial charge is 0.322 e. The van der Waals surface area contributed by atoms with Gasteiger partial charge in [0.05, 0.1) is 9.40 Å². The third-order valence-corrected chi connectivity index (χ3v) is 3.70. The summed E-state index contributed by atoms with van der Waals surface area (Å²) in [6.45, 7) is 2.05. The summed E-state index contributed by atoms with van der Waals surface area (Å²) in [5.74, 6) is -0.380. The van der Waals surface area contributed by atoms with Gasteiger partial charge in [0.2, 0.25) is 0 Å². The fourth-order valence-electron chi connectivity index (χ4n) is 1.82. The molecule has 0 aliphatic rings. The van der Waals surface area contributed by atoms with Crippen molar-refractivity contribution in [3.8, 4) is 0 Å². The topological polar surface area (TPSA) is 72.2 Å². The number of nitrogens with one attached hydrogen (secondary N) is 1. The van der Waals surface area contributed by atoms with Crippen molar-refractivity contribution in [3.05, 3.63) is 68.2 Å². The van der Waals surface area contributed by atoms with Crippen molar-refractivity contribution in [1.82, 2.24) is 0 Å². The summed E-state index contributed by atoms with van der Waals surface area (Å²) in [6, 6.07) is 11.8. The first kappa shape index (κ1) is 15.2. The number of benzene rings is 2. The van der Waals surface area contributed by atoms with Crippen LogP contribution in [0, 0.1) is 10.1 Å². The number of hydrogen-bond acceptors (Lipinski definition) is 3. The zero-order chi connectivity index (χ0) is 15.4. The van der Waals surface area contributed by atoms with Crippen molar-refractivity contribution in [1.29, 1.82) is 0 Å². The second kappa shape index (κ2) is 6.49. The van der Waals surface area contributed by atoms with Gasteiger partial charge in [-0.1, -0.05) is 19.1 Å². The Morgan fingerprint density at radius 3 is 2.48 bits per heavy atom. The highest BCUT2D eigenvalue weighted by molar-refractivity contribution is 9.10. The van der Waals surface area contributed by atoms with Crippen LogP contribution in [-0.4, -0.2) is 10.8 Å². The van der Waals surface area contributed by atoms with E-state index in [-0.39, 0.29) is 17.2 Å². The Balaban J connectivity index is 2.19. The molecule has 0 heterocycles. The summed E-state index contributed by atoms with van der Waals surface area (Å²) in [4.78, 5) is 22.4. The summed E-state index contributed by atoms with van der Waals surface area (Å²) >= 11 is 3.09. The molecule has 0 saturated carbocycles. The zero-order valence-corrected chi connectivity index (χ0v) is 12.9. The van der Waals surface area contributed by atoms with Crippen molar-refractivity contribution in [3.63, 3.8) is 0 Å². The molecule has 0 saturated heterocycles. The molecule has 0 fully saturated rings. The van der Waals surface area contributed by atoms with Crippen LogP contribution in [0.15, 0.2) is 46.9 Å². The van der Waals surface area contributed by atoms with E-state index < -0.39 is 4.92 Å². The molecule has 2 aromatic carbocycles. The maximum absolute atomic E-state index is 12.1. The van der Waals surface area contributed by atoms with E-state index in [4.69, 9.17) is 0 Å². The molecule has 0 aliphatic carbocycles. The summed E-state index contributed by atoms with van der Waals surface area (Å²) in [5.41, 5.74) is 1.93. The number of amides is 1. The Hall–Kier alpha value is -2.21. The molecule has 5 nitrogen and oxygen atoms in total. The van der Waals surface area contributed by atoms with Crippen LogP contribution in [-0.2, 0) is 6.42 Å². The molecule has 0 spiro atoms. The first-order valence-corrected chi connectivity index (χ1v) is 7.14. The molecule has 6 heteroatoms. The van der Waals surface area contributed by atoms with Crippen LogP contribution in [0.3, 0.4) is 0 Å². The Morgan fingerprint density at radius 2 is 1.90 bits per heavy atom. The lowest BCUT2D eigenvalue weighted by atomic mass is 10.1. The SMILES string of the molecule is CCc1ccc(NC(=O)c2ccc(Br)c([N+](=O)[O-])c2)cc1. The minimum atomic E-state index is -0.531. The molecule has 0 bridgehead atoms. The molecule has 0 aromatic heterocycles. The predicted molar refractivity (Wildman–Crippen MR) is 84.6 cm³/mol. The zero-order valence-electron chi connectivity index (χ0n) is 11.3. The fraction of sp³-hybridized carbons (Fsp3) is 0.133. The van der Waals surface area contributed by atoms with Crippen molar-refractivity contribution >= 4 is 33.2 Å². The number of hydrogen-bond donors (Lipinski definition) is 1. The monoisotopic (exact) mass is 348 g/mol. The van der Waals surface area contributed by atoms with Gasteiger partial charge in [0.25, 0.3) is 11.6 Å². The highest BCUT2D eigenvalue weighted by atomic mass is 79.9. The molecule has 1 amide bonds. The van der Waals surface area contributed by atoms with E-state index in [1.165, 1.54) is 23.8 Å². The summed E-state index contributed by atoms with van der Waals surface area (Å²) in [7, 11) is 0. The standard InChI is InChI=1S/C15H13BrN2O3/c1-2-10-3-6-12(7-4-10)17-15(19)11-5-8-13(16)14(9-11)18(20)21/h3-9H,2H2,1H3,(H,17,19). The van der Waals surface area contributed by atoms with Crippen LogP contribution >= 0.6 is 15.9 Å². The Labute approximate surface area is 130 Å². The Morgan fingerprint density at radius 1 is 1.24 bits per heavy atom. The summed E-state index contributed by atoms with van der Waals surface area (Å²) in [6.07, 6.45) is 0.924. The summed E-state index contributed by atoms with van der Waals surface area (Å²) < 4.78 is 0.344. The van der Waals surface area contributed by atoms with Gasteiger partial charge < -0.3 is 5.32 Å². The molecule has 2 aromatic rings. The van der Waals surface area contributed by atoms with Crippen LogP contribution in [0.4, 0.5) is 11.4 Å². The molecule has 0 unspecified atom stereocenters. The lowest BCUT2D eigenvalue weighted by Crippen LogP contribution is -2.12. The van der Waals surface area contributed by atoms with Gasteiger partial charge in [-0.15, -0.1) is 0 Å². The van der Waals surface area contributed by atoms with Gasteiger partial charge in [0.1, 0.15) is 0 Å². The average Bonchev–Trinajstić information content (AvgIpc) is 2.48. The smallest absolute Gasteiger partial charge is 0.284 e. The number of nitro benzene ring substituents is 1. The van der Waals surface area contributed by atoms with E-state index in [1.807, 2.05) is 24.3 Å². The number of anilines is 1. The summed E-state index contributed by atoms with van der Waals surface area (Å²) in [5, 5.41) is 13.6. The number of rotatable bonds is 4. The van der Waals surface area contributed by atoms with E-state index >= 15 is 0 Å². The van der Waals surface area contributed by atoms with E-state index in [0.717, 1.165) is 6.42 Å². The van der Waals surface area contributed by atoms with Gasteiger partial charge >= 0.3 is 0 Å². The van der Waals surface area contributed by atoms with E-state index in [2.05, 4.69) is 28.2 Å². The lowest BCUT2D eigenvalue weighted by molar-refractivity contribution is -0.385. The number of carbonyl (C=O) groups is 1. The predicted octanol–water partition coefficient (Wildman–Crippen LogP) is 4.17. The molecule has 21 heavy (non-hydrogen) atoms. The molecule has 2 rings (SSSR count). The molecule has 108 valence electrons. The van der Waals surface area contributed by atoms with Gasteiger partial charge in [-0.2, -0.15) is 0 Å². The van der Waals surface area contributed by atoms with Gasteiger partial charge in [-0.25, -0.2) is 0 Å². The molecule has 1 N–H and O–H groups in total. The molecule has 0 aliphatic heterocycles.